The van der Waals surface area contributed by atoms with E-state index in [1.807, 2.05) is 6.07 Å². The minimum atomic E-state index is -0.248. The number of hydrogen-bond acceptors (Lipinski definition) is 3. The molecular formula is C13H14FNO2. The van der Waals surface area contributed by atoms with Crippen LogP contribution in [0.2, 0.25) is 0 Å². The van der Waals surface area contributed by atoms with Gasteiger partial charge in [0.2, 0.25) is 0 Å². The third-order valence-electron chi connectivity index (χ3n) is 2.61. The Morgan fingerprint density at radius 3 is 2.88 bits per heavy atom. The van der Waals surface area contributed by atoms with Crippen LogP contribution in [0.1, 0.15) is 17.7 Å². The fraction of sp³-hybridized carbons (Fsp3) is 0.308. The highest BCUT2D eigenvalue weighted by Crippen LogP contribution is 2.22. The zero-order valence-corrected chi connectivity index (χ0v) is 9.61. The van der Waals surface area contributed by atoms with E-state index in [2.05, 4.69) is 5.16 Å². The molecule has 0 aliphatic heterocycles. The molecule has 1 N–H and O–H groups in total. The van der Waals surface area contributed by atoms with Gasteiger partial charge >= 0.3 is 0 Å². The lowest BCUT2D eigenvalue weighted by Crippen LogP contribution is -1.86. The van der Waals surface area contributed by atoms with Gasteiger partial charge in [0.25, 0.3) is 0 Å². The van der Waals surface area contributed by atoms with Crippen LogP contribution in [0.5, 0.6) is 0 Å². The van der Waals surface area contributed by atoms with E-state index in [1.165, 1.54) is 6.07 Å². The van der Waals surface area contributed by atoms with Gasteiger partial charge in [0.05, 0.1) is 0 Å². The minimum absolute atomic E-state index is 0.120. The third-order valence-corrected chi connectivity index (χ3v) is 2.61. The normalized spacial score (nSPS) is 10.8. The van der Waals surface area contributed by atoms with Crippen LogP contribution in [0.15, 0.2) is 28.8 Å². The molecule has 3 nitrogen and oxygen atoms in total. The first-order valence-electron chi connectivity index (χ1n) is 5.53. The first-order valence-corrected chi connectivity index (χ1v) is 5.53. The van der Waals surface area contributed by atoms with Crippen molar-refractivity contribution in [1.82, 2.24) is 5.16 Å². The summed E-state index contributed by atoms with van der Waals surface area (Å²) in [6.07, 6.45) is 1.27. The lowest BCUT2D eigenvalue weighted by molar-refractivity contribution is 0.280. The quantitative estimate of drug-likeness (QED) is 0.886. The number of nitrogens with zero attached hydrogens (tertiary/aromatic N) is 1. The monoisotopic (exact) mass is 235 g/mol. The molecule has 1 aromatic heterocycles. The van der Waals surface area contributed by atoms with Crippen LogP contribution >= 0.6 is 0 Å². The van der Waals surface area contributed by atoms with E-state index in [-0.39, 0.29) is 12.4 Å². The summed E-state index contributed by atoms with van der Waals surface area (Å²) in [5.41, 5.74) is 1.93. The Morgan fingerprint density at radius 2 is 2.18 bits per heavy atom. The molecule has 0 saturated heterocycles. The van der Waals surface area contributed by atoms with Crippen LogP contribution in [0.3, 0.4) is 0 Å². The Morgan fingerprint density at radius 1 is 1.35 bits per heavy atom. The Bertz CT molecular complexity index is 508. The van der Waals surface area contributed by atoms with Gasteiger partial charge < -0.3 is 9.63 Å². The molecule has 0 unspecified atom stereocenters. The Hall–Kier alpha value is -1.68. The lowest BCUT2D eigenvalue weighted by Gasteiger charge is -1.98. The van der Waals surface area contributed by atoms with Gasteiger partial charge in [0.15, 0.2) is 0 Å². The number of hydrogen-bond donors (Lipinski definition) is 1. The maximum atomic E-state index is 13.4. The molecule has 0 aliphatic rings. The fourth-order valence-corrected chi connectivity index (χ4v) is 1.57. The second kappa shape index (κ2) is 5.10. The molecule has 0 atom stereocenters. The summed E-state index contributed by atoms with van der Waals surface area (Å²) in [6, 6.07) is 6.75. The summed E-state index contributed by atoms with van der Waals surface area (Å²) in [5.74, 6) is 0.456. The van der Waals surface area contributed by atoms with Gasteiger partial charge in [-0.25, -0.2) is 4.39 Å². The van der Waals surface area contributed by atoms with Crippen LogP contribution in [0.4, 0.5) is 4.39 Å². The van der Waals surface area contributed by atoms with Gasteiger partial charge in [-0.2, -0.15) is 0 Å². The number of aryl methyl sites for hydroxylation is 2. The number of rotatable bonds is 4. The molecule has 0 saturated carbocycles. The summed E-state index contributed by atoms with van der Waals surface area (Å²) < 4.78 is 18.5. The summed E-state index contributed by atoms with van der Waals surface area (Å²) in [6.45, 7) is 1.84. The van der Waals surface area contributed by atoms with Crippen molar-refractivity contribution in [3.63, 3.8) is 0 Å². The molecule has 17 heavy (non-hydrogen) atoms. The molecule has 0 radical (unpaired) electrons. The van der Waals surface area contributed by atoms with E-state index in [1.54, 1.807) is 19.1 Å². The summed E-state index contributed by atoms with van der Waals surface area (Å²) in [7, 11) is 0. The van der Waals surface area contributed by atoms with Gasteiger partial charge in [0.1, 0.15) is 17.3 Å². The van der Waals surface area contributed by atoms with E-state index in [4.69, 9.17) is 9.63 Å². The van der Waals surface area contributed by atoms with Crippen LogP contribution in [-0.4, -0.2) is 16.9 Å². The second-order valence-electron chi connectivity index (χ2n) is 3.97. The third kappa shape index (κ3) is 2.71. The van der Waals surface area contributed by atoms with E-state index in [0.717, 1.165) is 0 Å². The highest BCUT2D eigenvalue weighted by molar-refractivity contribution is 5.59. The Labute approximate surface area is 98.9 Å². The highest BCUT2D eigenvalue weighted by atomic mass is 19.1. The van der Waals surface area contributed by atoms with Crippen molar-refractivity contribution in [3.8, 4) is 11.3 Å². The maximum absolute atomic E-state index is 13.4. The van der Waals surface area contributed by atoms with Gasteiger partial charge in [-0.3, -0.25) is 0 Å². The average Bonchev–Trinajstić information content (AvgIpc) is 2.79. The smallest absolute Gasteiger partial charge is 0.137 e. The largest absolute Gasteiger partial charge is 0.396 e. The lowest BCUT2D eigenvalue weighted by atomic mass is 10.1. The molecular weight excluding hydrogens is 221 g/mol. The molecule has 2 aromatic rings. The molecule has 90 valence electrons. The van der Waals surface area contributed by atoms with Crippen molar-refractivity contribution in [2.24, 2.45) is 0 Å². The van der Waals surface area contributed by atoms with Crippen molar-refractivity contribution in [3.05, 3.63) is 41.4 Å². The van der Waals surface area contributed by atoms with Gasteiger partial charge in [-0.1, -0.05) is 17.3 Å². The molecule has 0 bridgehead atoms. The Balaban J connectivity index is 2.21. The molecule has 0 spiro atoms. The van der Waals surface area contributed by atoms with E-state index in [9.17, 15) is 4.39 Å². The predicted molar refractivity (Wildman–Crippen MR) is 62.0 cm³/mol. The average molecular weight is 235 g/mol. The van der Waals surface area contributed by atoms with Gasteiger partial charge in [-0.15, -0.1) is 0 Å². The van der Waals surface area contributed by atoms with E-state index < -0.39 is 0 Å². The molecule has 1 aromatic carbocycles. The van der Waals surface area contributed by atoms with Crippen LogP contribution in [0, 0.1) is 12.7 Å². The SMILES string of the molecule is Cc1ccc(-c2cc(CCCO)on2)cc1F. The first-order chi connectivity index (χ1) is 8.20. The summed E-state index contributed by atoms with van der Waals surface area (Å²) >= 11 is 0. The molecule has 0 aliphatic carbocycles. The number of benzene rings is 1. The maximum Gasteiger partial charge on any atom is 0.137 e. The van der Waals surface area contributed by atoms with Crippen LogP contribution < -0.4 is 0 Å². The second-order valence-corrected chi connectivity index (χ2v) is 3.97. The molecule has 0 fully saturated rings. The highest BCUT2D eigenvalue weighted by Gasteiger charge is 2.08. The standard InChI is InChI=1S/C13H14FNO2/c1-9-4-5-10(7-12(9)14)13-8-11(17-15-13)3-2-6-16/h4-5,7-8,16H,2-3,6H2,1H3. The molecule has 1 heterocycles. The number of aromatic nitrogens is 1. The van der Waals surface area contributed by atoms with Gasteiger partial charge in [0, 0.05) is 24.7 Å². The van der Waals surface area contributed by atoms with Crippen molar-refractivity contribution < 1.29 is 14.0 Å². The first kappa shape index (κ1) is 11.8. The molecule has 0 amide bonds. The predicted octanol–water partition coefficient (Wildman–Crippen LogP) is 2.71. The topological polar surface area (TPSA) is 46.3 Å². The number of halogens is 1. The number of aliphatic hydroxyl groups excluding tert-OH is 1. The van der Waals surface area contributed by atoms with Crippen molar-refractivity contribution in [2.75, 3.05) is 6.61 Å². The van der Waals surface area contributed by atoms with Crippen LogP contribution in [0.25, 0.3) is 11.3 Å². The summed E-state index contributed by atoms with van der Waals surface area (Å²) in [5, 5.41) is 12.6. The van der Waals surface area contributed by atoms with Gasteiger partial charge in [-0.05, 0) is 25.0 Å². The fourth-order valence-electron chi connectivity index (χ4n) is 1.57. The van der Waals surface area contributed by atoms with Crippen LogP contribution in [-0.2, 0) is 6.42 Å². The zero-order valence-electron chi connectivity index (χ0n) is 9.61. The van der Waals surface area contributed by atoms with Crippen molar-refractivity contribution >= 4 is 0 Å². The minimum Gasteiger partial charge on any atom is -0.396 e. The molecule has 2 rings (SSSR count). The van der Waals surface area contributed by atoms with E-state index in [0.29, 0.717) is 35.4 Å². The number of aliphatic hydroxyl groups is 1. The van der Waals surface area contributed by atoms with Crippen molar-refractivity contribution in [1.29, 1.82) is 0 Å². The Kier molecular flexibility index (Phi) is 3.54. The molecule has 4 heteroatoms. The van der Waals surface area contributed by atoms with E-state index >= 15 is 0 Å². The summed E-state index contributed by atoms with van der Waals surface area (Å²) in [4.78, 5) is 0. The zero-order chi connectivity index (χ0) is 12.3. The van der Waals surface area contributed by atoms with Crippen molar-refractivity contribution in [2.45, 2.75) is 19.8 Å².